The molecule has 2 saturated carbocycles. The van der Waals surface area contributed by atoms with Crippen LogP contribution in [-0.2, 0) is 19.0 Å². The third-order valence-corrected chi connectivity index (χ3v) is 7.87. The van der Waals surface area contributed by atoms with E-state index in [1.807, 2.05) is 20.8 Å². The highest BCUT2D eigenvalue weighted by Gasteiger charge is 2.76. The van der Waals surface area contributed by atoms with Crippen LogP contribution in [0, 0.1) is 22.7 Å². The molecule has 0 spiro atoms. The quantitative estimate of drug-likeness (QED) is 0.558. The minimum atomic E-state index is -1.09. The number of rotatable bonds is 1. The van der Waals surface area contributed by atoms with E-state index in [1.54, 1.807) is 6.08 Å². The minimum Gasteiger partial charge on any atom is -0.427 e. The number of aliphatic hydroxyl groups excluding tert-OH is 1. The van der Waals surface area contributed by atoms with E-state index < -0.39 is 47.0 Å². The maximum atomic E-state index is 13.5. The second-order valence-corrected chi connectivity index (χ2v) is 10.1. The van der Waals surface area contributed by atoms with Crippen molar-refractivity contribution < 1.29 is 28.9 Å². The third kappa shape index (κ3) is 2.26. The van der Waals surface area contributed by atoms with Gasteiger partial charge in [0.15, 0.2) is 6.10 Å². The van der Waals surface area contributed by atoms with Crippen LogP contribution in [-0.4, -0.2) is 46.6 Å². The number of Topliss-reactive ketones (excluding diaryl/α,β-unsaturated/α-hetero) is 1. The maximum Gasteiger partial charge on any atom is 0.509 e. The minimum absolute atomic E-state index is 0.0248. The summed E-state index contributed by atoms with van der Waals surface area (Å²) in [6.07, 6.45) is 0.554. The molecule has 6 heteroatoms. The second-order valence-electron chi connectivity index (χ2n) is 10.1. The van der Waals surface area contributed by atoms with Gasteiger partial charge in [-0.3, -0.25) is 4.79 Å². The zero-order valence-electron chi connectivity index (χ0n) is 16.8. The number of hydrogen-bond acceptors (Lipinski definition) is 6. The van der Waals surface area contributed by atoms with Gasteiger partial charge in [-0.15, -0.1) is 6.58 Å². The lowest BCUT2D eigenvalue weighted by molar-refractivity contribution is -0.299. The molecule has 0 radical (unpaired) electrons. The van der Waals surface area contributed by atoms with Crippen molar-refractivity contribution in [1.82, 2.24) is 0 Å². The van der Waals surface area contributed by atoms with Crippen LogP contribution in [0.5, 0.6) is 0 Å². The largest absolute Gasteiger partial charge is 0.509 e. The summed E-state index contributed by atoms with van der Waals surface area (Å²) in [5.74, 6) is -0.769. The topological polar surface area (TPSA) is 82.1 Å². The third-order valence-electron chi connectivity index (χ3n) is 7.87. The van der Waals surface area contributed by atoms with Crippen molar-refractivity contribution in [2.45, 2.75) is 83.4 Å². The summed E-state index contributed by atoms with van der Waals surface area (Å²) in [5.41, 5.74) is -2.92. The van der Waals surface area contributed by atoms with Crippen LogP contribution in [0.25, 0.3) is 0 Å². The normalized spacial score (nSPS) is 53.5. The van der Waals surface area contributed by atoms with Gasteiger partial charge < -0.3 is 19.3 Å². The van der Waals surface area contributed by atoms with Gasteiger partial charge in [0.2, 0.25) is 0 Å². The fourth-order valence-electron chi connectivity index (χ4n) is 6.92. The molecule has 2 heterocycles. The van der Waals surface area contributed by atoms with Crippen molar-refractivity contribution >= 4 is 11.9 Å². The highest BCUT2D eigenvalue weighted by atomic mass is 16.8. The summed E-state index contributed by atoms with van der Waals surface area (Å²) >= 11 is 0. The molecule has 2 saturated heterocycles. The van der Waals surface area contributed by atoms with E-state index in [1.165, 1.54) is 0 Å². The highest BCUT2D eigenvalue weighted by molar-refractivity contribution is 5.86. The number of hydrogen-bond donors (Lipinski definition) is 1. The van der Waals surface area contributed by atoms with E-state index in [4.69, 9.17) is 14.2 Å². The van der Waals surface area contributed by atoms with Crippen LogP contribution in [0.15, 0.2) is 12.7 Å². The molecule has 27 heavy (non-hydrogen) atoms. The molecule has 0 aromatic heterocycles. The zero-order chi connectivity index (χ0) is 20.0. The molecule has 0 aromatic rings. The molecular weight excluding hydrogens is 348 g/mol. The summed E-state index contributed by atoms with van der Waals surface area (Å²) in [6.45, 7) is 13.7. The molecule has 1 N–H and O–H groups in total. The van der Waals surface area contributed by atoms with Gasteiger partial charge in [-0.05, 0) is 32.1 Å². The lowest BCUT2D eigenvalue weighted by atomic mass is 9.42. The van der Waals surface area contributed by atoms with Crippen LogP contribution in [0.3, 0.4) is 0 Å². The first-order chi connectivity index (χ1) is 12.4. The smallest absolute Gasteiger partial charge is 0.427 e. The Bertz CT molecular complexity index is 715. The molecule has 8 atom stereocenters. The summed E-state index contributed by atoms with van der Waals surface area (Å²) in [7, 11) is 0. The molecule has 4 fully saturated rings. The van der Waals surface area contributed by atoms with E-state index in [-0.39, 0.29) is 23.5 Å². The molecule has 6 nitrogen and oxygen atoms in total. The molecule has 2 aliphatic heterocycles. The number of carbonyl (C=O) groups excluding carboxylic acids is 2. The summed E-state index contributed by atoms with van der Waals surface area (Å²) in [6, 6.07) is 0. The van der Waals surface area contributed by atoms with Gasteiger partial charge in [-0.25, -0.2) is 4.79 Å². The van der Waals surface area contributed by atoms with Gasteiger partial charge >= 0.3 is 6.16 Å². The number of aliphatic hydroxyl groups is 1. The molecular formula is C21H30O6. The van der Waals surface area contributed by atoms with Crippen molar-refractivity contribution in [3.63, 3.8) is 0 Å². The Kier molecular flexibility index (Phi) is 3.75. The predicted molar refractivity (Wildman–Crippen MR) is 97.0 cm³/mol. The molecule has 0 unspecified atom stereocenters. The first kappa shape index (κ1) is 18.9. The molecule has 0 amide bonds. The Morgan fingerprint density at radius 3 is 2.44 bits per heavy atom. The molecule has 150 valence electrons. The van der Waals surface area contributed by atoms with Crippen molar-refractivity contribution in [3.05, 3.63) is 12.7 Å². The fourth-order valence-corrected chi connectivity index (χ4v) is 6.92. The predicted octanol–water partition coefficient (Wildman–Crippen LogP) is 3.02. The van der Waals surface area contributed by atoms with E-state index in [2.05, 4.69) is 20.4 Å². The average Bonchev–Trinajstić information content (AvgIpc) is 2.92. The summed E-state index contributed by atoms with van der Waals surface area (Å²) < 4.78 is 17.7. The maximum absolute atomic E-state index is 13.5. The van der Waals surface area contributed by atoms with Crippen molar-refractivity contribution in [3.8, 4) is 0 Å². The molecule has 0 aromatic carbocycles. The molecule has 0 bridgehead atoms. The van der Waals surface area contributed by atoms with Crippen LogP contribution >= 0.6 is 0 Å². The Balaban J connectivity index is 1.94. The Morgan fingerprint density at radius 2 is 1.81 bits per heavy atom. The number of fused-ring (bicyclic) bond motifs is 6. The van der Waals surface area contributed by atoms with E-state index in [0.717, 1.165) is 6.42 Å². The first-order valence-electron chi connectivity index (χ1n) is 9.81. The molecule has 4 rings (SSSR count). The number of carbonyl (C=O) groups is 2. The Hall–Kier alpha value is -1.40. The van der Waals surface area contributed by atoms with Crippen molar-refractivity contribution in [2.75, 3.05) is 0 Å². The van der Waals surface area contributed by atoms with E-state index in [0.29, 0.717) is 6.42 Å². The second kappa shape index (κ2) is 5.35. The SMILES string of the molecule is C=C[C@@]1(C)CC(=O)[C@H]2[C@](C)(O1)[C@H]1OC(=O)O[C@H]1[C@H]1C(C)(C)CC[C@H](O)[C@@]12C. The van der Waals surface area contributed by atoms with Crippen LogP contribution < -0.4 is 0 Å². The van der Waals surface area contributed by atoms with Gasteiger partial charge in [0.05, 0.1) is 17.6 Å². The van der Waals surface area contributed by atoms with Crippen LogP contribution in [0.1, 0.15) is 53.9 Å². The van der Waals surface area contributed by atoms with Crippen molar-refractivity contribution in [2.24, 2.45) is 22.7 Å². The van der Waals surface area contributed by atoms with Crippen LogP contribution in [0.4, 0.5) is 4.79 Å². The van der Waals surface area contributed by atoms with Gasteiger partial charge in [0.1, 0.15) is 17.5 Å². The lowest BCUT2D eigenvalue weighted by Crippen LogP contribution is -2.76. The number of ketones is 1. The molecule has 4 aliphatic rings. The van der Waals surface area contributed by atoms with E-state index >= 15 is 0 Å². The Morgan fingerprint density at radius 1 is 1.15 bits per heavy atom. The Labute approximate surface area is 160 Å². The monoisotopic (exact) mass is 378 g/mol. The highest BCUT2D eigenvalue weighted by Crippen LogP contribution is 2.66. The number of ether oxygens (including phenoxy) is 3. The molecule has 2 aliphatic carbocycles. The van der Waals surface area contributed by atoms with Gasteiger partial charge in [0, 0.05) is 17.8 Å². The summed E-state index contributed by atoms with van der Waals surface area (Å²) in [5, 5.41) is 11.1. The first-order valence-corrected chi connectivity index (χ1v) is 9.81. The average molecular weight is 378 g/mol. The summed E-state index contributed by atoms with van der Waals surface area (Å²) in [4.78, 5) is 25.6. The van der Waals surface area contributed by atoms with Gasteiger partial charge in [-0.2, -0.15) is 0 Å². The van der Waals surface area contributed by atoms with Gasteiger partial charge in [0.25, 0.3) is 0 Å². The van der Waals surface area contributed by atoms with Crippen LogP contribution in [0.2, 0.25) is 0 Å². The fraction of sp³-hybridized carbons (Fsp3) is 0.810. The van der Waals surface area contributed by atoms with Gasteiger partial charge in [-0.1, -0.05) is 26.8 Å². The van der Waals surface area contributed by atoms with Crippen molar-refractivity contribution in [1.29, 1.82) is 0 Å². The van der Waals surface area contributed by atoms with E-state index in [9.17, 15) is 14.7 Å². The standard InChI is InChI=1S/C21H30O6/c1-7-19(4)10-11(22)14-20(5)12(23)8-9-18(2,3)15(20)13-16(21(14,6)27-19)26-17(24)25-13/h7,12-16,23H,1,8-10H2,2-6H3/t12-,13-,14+,15-,16-,19-,20+,21-/m0/s1. The zero-order valence-corrected chi connectivity index (χ0v) is 16.8. The lowest BCUT2D eigenvalue weighted by Gasteiger charge is -2.66.